The summed E-state index contributed by atoms with van der Waals surface area (Å²) in [5.41, 5.74) is 5.99. The van der Waals surface area contributed by atoms with Crippen molar-refractivity contribution in [1.29, 1.82) is 0 Å². The van der Waals surface area contributed by atoms with E-state index in [1.54, 1.807) is 24.4 Å². The number of rotatable bonds is 5. The average molecular weight is 885 g/mol. The molecule has 4 heterocycles. The second-order valence-corrected chi connectivity index (χ2v) is 15.3. The fourth-order valence-electron chi connectivity index (χ4n) is 6.66. The van der Waals surface area contributed by atoms with Gasteiger partial charge in [-0.2, -0.15) is 0 Å². The molecule has 0 spiro atoms. The number of pyridine rings is 3. The van der Waals surface area contributed by atoms with Crippen LogP contribution in [0.4, 0.5) is 0 Å². The molecule has 0 N–H and O–H groups in total. The minimum absolute atomic E-state index is 0. The first kappa shape index (κ1) is 28.1. The maximum absolute atomic E-state index is 9.12. The van der Waals surface area contributed by atoms with Gasteiger partial charge in [0.15, 0.2) is 0 Å². The van der Waals surface area contributed by atoms with Gasteiger partial charge in [0.25, 0.3) is 0 Å². The van der Waals surface area contributed by atoms with E-state index in [4.69, 9.17) is 16.8 Å². The maximum Gasteiger partial charge on any atom is 0.216 e. The first-order chi connectivity index (χ1) is 28.5. The third-order valence-corrected chi connectivity index (χ3v) is 9.54. The number of furan rings is 1. The Balaban J connectivity index is 0.000000269. The number of nitrogens with zero attached hydrogens (tertiary/aromatic N) is 3. The zero-order valence-electron chi connectivity index (χ0n) is 39.7. The zero-order valence-corrected chi connectivity index (χ0v) is 33.1. The first-order valence-electron chi connectivity index (χ1n) is 22.3. The second kappa shape index (κ2) is 15.9. The molecule has 1 saturated carbocycles. The molecule has 53 heavy (non-hydrogen) atoms. The largest absolute Gasteiger partial charge is 0.486 e. The Hall–Kier alpha value is -4.44. The quantitative estimate of drug-likeness (QED) is 0.162. The van der Waals surface area contributed by atoms with E-state index in [1.165, 1.54) is 12.3 Å². The molecule has 8 rings (SSSR count). The summed E-state index contributed by atoms with van der Waals surface area (Å²) in [6.07, 6.45) is 5.16. The molecule has 4 nitrogen and oxygen atoms in total. The molecule has 3 aromatic carbocycles. The maximum atomic E-state index is 9.12. The molecule has 7 aromatic rings. The molecule has 0 unspecified atom stereocenters. The molecular formula is C48H49IrN3O-2. The fraction of sp³-hybridized carbons (Fsp3) is 0.312. The van der Waals surface area contributed by atoms with Crippen molar-refractivity contribution in [2.75, 3.05) is 0 Å². The van der Waals surface area contributed by atoms with Crippen LogP contribution in [0.1, 0.15) is 101 Å². The zero-order chi connectivity index (χ0) is 44.2. The molecule has 1 fully saturated rings. The molecule has 0 bridgehead atoms. The molecule has 0 saturated heterocycles. The predicted molar refractivity (Wildman–Crippen MR) is 215 cm³/mol. The topological polar surface area (TPSA) is 51.8 Å². The summed E-state index contributed by atoms with van der Waals surface area (Å²) >= 11 is 0. The minimum atomic E-state index is -2.39. The van der Waals surface area contributed by atoms with Gasteiger partial charge in [0.05, 0.1) is 5.58 Å². The second-order valence-electron chi connectivity index (χ2n) is 15.3. The van der Waals surface area contributed by atoms with Crippen molar-refractivity contribution < 1.29 is 36.9 Å². The molecular weight excluding hydrogens is 827 g/mol. The Morgan fingerprint density at radius 2 is 1.66 bits per heavy atom. The van der Waals surface area contributed by atoms with Gasteiger partial charge in [0.1, 0.15) is 0 Å². The third kappa shape index (κ3) is 9.03. The Kier molecular flexibility index (Phi) is 8.41. The Morgan fingerprint density at radius 1 is 0.868 bits per heavy atom. The van der Waals surface area contributed by atoms with E-state index in [0.717, 1.165) is 47.9 Å². The van der Waals surface area contributed by atoms with E-state index in [9.17, 15) is 0 Å². The van der Waals surface area contributed by atoms with Gasteiger partial charge in [0.2, 0.25) is 5.71 Å². The molecule has 5 heteroatoms. The van der Waals surface area contributed by atoms with E-state index in [1.807, 2.05) is 87.5 Å². The summed E-state index contributed by atoms with van der Waals surface area (Å²) < 4.78 is 79.2. The van der Waals surface area contributed by atoms with E-state index < -0.39 is 31.4 Å². The molecule has 1 radical (unpaired) electrons. The van der Waals surface area contributed by atoms with Crippen molar-refractivity contribution in [3.8, 4) is 33.6 Å². The summed E-state index contributed by atoms with van der Waals surface area (Å²) in [6.45, 7) is 5.43. The summed E-state index contributed by atoms with van der Waals surface area (Å²) in [5.74, 6) is -0.649. The van der Waals surface area contributed by atoms with E-state index in [-0.39, 0.29) is 42.5 Å². The van der Waals surface area contributed by atoms with Crippen LogP contribution in [0.5, 0.6) is 0 Å². The molecule has 0 aliphatic heterocycles. The molecule has 0 amide bonds. The summed E-state index contributed by atoms with van der Waals surface area (Å²) in [7, 11) is 0. The molecule has 273 valence electrons. The Labute approximate surface area is 341 Å². The van der Waals surface area contributed by atoms with Crippen molar-refractivity contribution in [3.05, 3.63) is 138 Å². The van der Waals surface area contributed by atoms with Crippen LogP contribution in [0.15, 0.2) is 108 Å². The SMILES string of the molecule is [2H]C([2H])([2H])c1ccc2c(n1)oc1c(-c3cc(-c4ccc(C5([2H])CCC(C)(C)CC5)cc4)c(C([2H])([2H])[2H])cn3)[c-]ccc12.[2H]C([2H])(c1ccc(-c2[c-]cccc2)nc1)C(C)(C)C.[Ir]. The van der Waals surface area contributed by atoms with Gasteiger partial charge in [-0.3, -0.25) is 0 Å². The van der Waals surface area contributed by atoms with Crippen molar-refractivity contribution in [2.24, 2.45) is 10.8 Å². The van der Waals surface area contributed by atoms with Crippen LogP contribution in [-0.2, 0) is 26.5 Å². The Morgan fingerprint density at radius 3 is 2.34 bits per heavy atom. The van der Waals surface area contributed by atoms with Crippen LogP contribution in [0.2, 0.25) is 0 Å². The van der Waals surface area contributed by atoms with Crippen LogP contribution in [0, 0.1) is 36.7 Å². The number of hydrogen-bond donors (Lipinski definition) is 0. The number of benzene rings is 3. The summed E-state index contributed by atoms with van der Waals surface area (Å²) in [6, 6.07) is 33.7. The van der Waals surface area contributed by atoms with Crippen molar-refractivity contribution in [2.45, 2.75) is 86.3 Å². The van der Waals surface area contributed by atoms with Crippen molar-refractivity contribution in [1.82, 2.24) is 15.0 Å². The summed E-state index contributed by atoms with van der Waals surface area (Å²) in [5, 5.41) is 1.39. The minimum Gasteiger partial charge on any atom is -0.486 e. The van der Waals surface area contributed by atoms with Crippen molar-refractivity contribution in [3.63, 3.8) is 0 Å². The number of aryl methyl sites for hydroxylation is 2. The standard InChI is InChI=1S/C32H31N2O.C16H18N.Ir/c1-20-19-33-29(27-7-5-6-25-26-13-8-21(2)34-31(26)35-30(25)27)18-28(20)24-11-9-22(10-12-24)23-14-16-32(3,4)17-15-23;1-16(2,3)11-13-9-10-15(17-12-13)14-7-5-4-6-8-14;/h5-6,8-13,18-19,23H,14-17H2,1-4H3;4-7,9-10,12H,11H2,1-3H3;/q2*-1;/i1D3,2D3,23D;11D2;. The van der Waals surface area contributed by atoms with E-state index >= 15 is 0 Å². The van der Waals surface area contributed by atoms with Gasteiger partial charge in [-0.1, -0.05) is 88.0 Å². The van der Waals surface area contributed by atoms with Crippen molar-refractivity contribution >= 4 is 22.1 Å². The van der Waals surface area contributed by atoms with Gasteiger partial charge >= 0.3 is 0 Å². The van der Waals surface area contributed by atoms with Crippen LogP contribution < -0.4 is 0 Å². The van der Waals surface area contributed by atoms with Crippen LogP contribution >= 0.6 is 0 Å². The van der Waals surface area contributed by atoms with Gasteiger partial charge in [-0.05, 0) is 114 Å². The Bertz CT molecular complexity index is 2660. The van der Waals surface area contributed by atoms with Gasteiger partial charge < -0.3 is 14.4 Å². The molecule has 1 aliphatic rings. The third-order valence-electron chi connectivity index (χ3n) is 9.54. The molecule has 0 atom stereocenters. The number of fused-ring (bicyclic) bond motifs is 3. The normalized spacial score (nSPS) is 18.2. The van der Waals surface area contributed by atoms with E-state index in [2.05, 4.69) is 40.9 Å². The first-order valence-corrected chi connectivity index (χ1v) is 17.8. The summed E-state index contributed by atoms with van der Waals surface area (Å²) in [4.78, 5) is 13.1. The van der Waals surface area contributed by atoms with Crippen LogP contribution in [-0.4, -0.2) is 15.0 Å². The smallest absolute Gasteiger partial charge is 0.216 e. The van der Waals surface area contributed by atoms with Crippen LogP contribution in [0.3, 0.4) is 0 Å². The van der Waals surface area contributed by atoms with Crippen LogP contribution in [0.25, 0.3) is 55.7 Å². The monoisotopic (exact) mass is 885 g/mol. The van der Waals surface area contributed by atoms with E-state index in [0.29, 0.717) is 38.9 Å². The predicted octanol–water partition coefficient (Wildman–Crippen LogP) is 12.9. The van der Waals surface area contributed by atoms with Gasteiger partial charge in [-0.25, -0.2) is 4.98 Å². The molecule has 4 aromatic heterocycles. The average Bonchev–Trinajstić information content (AvgIpc) is 3.60. The molecule has 1 aliphatic carbocycles. The number of aromatic nitrogens is 3. The van der Waals surface area contributed by atoms with Gasteiger partial charge in [-0.15, -0.1) is 54.1 Å². The fourth-order valence-corrected chi connectivity index (χ4v) is 6.66. The van der Waals surface area contributed by atoms with Gasteiger partial charge in [0, 0.05) is 55.9 Å². The number of hydrogen-bond acceptors (Lipinski definition) is 4.